The van der Waals surface area contributed by atoms with Gasteiger partial charge in [0.05, 0.1) is 0 Å². The van der Waals surface area contributed by atoms with Crippen LogP contribution in [0.1, 0.15) is 5.56 Å². The fraction of sp³-hybridized carbons (Fsp3) is 0.250. The largest absolute Gasteiger partial charge is 0.454 e. The maximum atomic E-state index is 13.0. The second kappa shape index (κ2) is 5.89. The second-order valence-electron chi connectivity index (χ2n) is 3.78. The van der Waals surface area contributed by atoms with Crippen molar-refractivity contribution in [1.29, 1.82) is 0 Å². The van der Waals surface area contributed by atoms with E-state index in [0.717, 1.165) is 12.1 Å². The molecule has 1 rings (SSSR count). The molecule has 20 heavy (non-hydrogen) atoms. The average molecular weight is 295 g/mol. The van der Waals surface area contributed by atoms with E-state index < -0.39 is 30.4 Å². The first kappa shape index (κ1) is 15.9. The Balaban J connectivity index is 2.92. The summed E-state index contributed by atoms with van der Waals surface area (Å²) in [5.74, 6) is -6.29. The van der Waals surface area contributed by atoms with Crippen molar-refractivity contribution in [3.63, 3.8) is 0 Å². The molecule has 0 saturated heterocycles. The minimum absolute atomic E-state index is 0.0996. The molecule has 0 heterocycles. The Morgan fingerprint density at radius 3 is 2.40 bits per heavy atom. The molecular formula is C12H10F5NO2. The van der Waals surface area contributed by atoms with Gasteiger partial charge in [0.25, 0.3) is 0 Å². The molecule has 1 atom stereocenters. The SMILES string of the molecule is C=C(C(N)=O)c1cccc(OC(F)C(F)(F)C(F)F)c1. The van der Waals surface area contributed by atoms with E-state index in [4.69, 9.17) is 5.73 Å². The molecule has 0 bridgehead atoms. The van der Waals surface area contributed by atoms with Crippen LogP contribution in [0, 0.1) is 0 Å². The van der Waals surface area contributed by atoms with E-state index in [-0.39, 0.29) is 11.1 Å². The fourth-order valence-corrected chi connectivity index (χ4v) is 1.20. The van der Waals surface area contributed by atoms with Crippen molar-refractivity contribution in [2.75, 3.05) is 0 Å². The summed E-state index contributed by atoms with van der Waals surface area (Å²) in [6, 6.07) is 4.64. The van der Waals surface area contributed by atoms with E-state index in [1.165, 1.54) is 12.1 Å². The Kier molecular flexibility index (Phi) is 4.69. The molecule has 0 aliphatic rings. The molecule has 0 saturated carbocycles. The van der Waals surface area contributed by atoms with E-state index in [0.29, 0.717) is 0 Å². The molecule has 1 amide bonds. The molecule has 0 aliphatic carbocycles. The van der Waals surface area contributed by atoms with Crippen molar-refractivity contribution in [3.05, 3.63) is 36.4 Å². The van der Waals surface area contributed by atoms with Crippen LogP contribution in [0.25, 0.3) is 5.57 Å². The van der Waals surface area contributed by atoms with Gasteiger partial charge in [-0.25, -0.2) is 8.78 Å². The highest BCUT2D eigenvalue weighted by molar-refractivity contribution is 6.17. The molecule has 0 radical (unpaired) electrons. The molecule has 0 fully saturated rings. The summed E-state index contributed by atoms with van der Waals surface area (Å²) in [6.45, 7) is 3.33. The summed E-state index contributed by atoms with van der Waals surface area (Å²) in [6.07, 6.45) is -7.74. The normalized spacial score (nSPS) is 13.1. The molecule has 0 aliphatic heterocycles. The van der Waals surface area contributed by atoms with Gasteiger partial charge in [0, 0.05) is 5.57 Å². The van der Waals surface area contributed by atoms with Gasteiger partial charge in [0.1, 0.15) is 5.75 Å². The lowest BCUT2D eigenvalue weighted by Crippen LogP contribution is -2.41. The number of hydrogen-bond donors (Lipinski definition) is 1. The van der Waals surface area contributed by atoms with Crippen molar-refractivity contribution >= 4 is 11.5 Å². The van der Waals surface area contributed by atoms with Gasteiger partial charge in [-0.3, -0.25) is 4.79 Å². The number of alkyl halides is 5. The number of carbonyl (C=O) groups excluding carboxylic acids is 1. The highest BCUT2D eigenvalue weighted by Crippen LogP contribution is 2.31. The minimum Gasteiger partial charge on any atom is -0.454 e. The summed E-state index contributed by atoms with van der Waals surface area (Å²) in [5, 5.41) is 0. The maximum absolute atomic E-state index is 13.0. The third-order valence-corrected chi connectivity index (χ3v) is 2.31. The van der Waals surface area contributed by atoms with Crippen LogP contribution in [0.5, 0.6) is 5.75 Å². The quantitative estimate of drug-likeness (QED) is 0.648. The van der Waals surface area contributed by atoms with Crippen LogP contribution in [0.3, 0.4) is 0 Å². The number of ether oxygens (including phenoxy) is 1. The van der Waals surface area contributed by atoms with Crippen LogP contribution >= 0.6 is 0 Å². The number of halogens is 5. The van der Waals surface area contributed by atoms with Crippen LogP contribution < -0.4 is 10.5 Å². The molecule has 0 spiro atoms. The Morgan fingerprint density at radius 2 is 1.90 bits per heavy atom. The van der Waals surface area contributed by atoms with Gasteiger partial charge in [-0.15, -0.1) is 0 Å². The molecule has 8 heteroatoms. The zero-order valence-corrected chi connectivity index (χ0v) is 9.95. The predicted octanol–water partition coefficient (Wildman–Crippen LogP) is 2.76. The summed E-state index contributed by atoms with van der Waals surface area (Å²) >= 11 is 0. The first-order valence-electron chi connectivity index (χ1n) is 5.22. The number of rotatable bonds is 6. The van der Waals surface area contributed by atoms with Crippen molar-refractivity contribution in [3.8, 4) is 5.75 Å². The molecule has 1 aromatic rings. The van der Waals surface area contributed by atoms with Gasteiger partial charge < -0.3 is 10.5 Å². The topological polar surface area (TPSA) is 52.3 Å². The van der Waals surface area contributed by atoms with E-state index in [1.54, 1.807) is 0 Å². The lowest BCUT2D eigenvalue weighted by molar-refractivity contribution is -0.221. The van der Waals surface area contributed by atoms with Gasteiger partial charge in [-0.1, -0.05) is 18.7 Å². The number of carbonyl (C=O) groups is 1. The maximum Gasteiger partial charge on any atom is 0.372 e. The Hall–Kier alpha value is -2.12. The predicted molar refractivity (Wildman–Crippen MR) is 61.1 cm³/mol. The van der Waals surface area contributed by atoms with Crippen molar-refractivity contribution in [2.24, 2.45) is 5.73 Å². The molecule has 2 N–H and O–H groups in total. The third-order valence-electron chi connectivity index (χ3n) is 2.31. The van der Waals surface area contributed by atoms with E-state index in [2.05, 4.69) is 11.3 Å². The lowest BCUT2D eigenvalue weighted by atomic mass is 10.1. The third kappa shape index (κ3) is 3.46. The molecule has 1 aromatic carbocycles. The van der Waals surface area contributed by atoms with Crippen LogP contribution in [-0.4, -0.2) is 24.6 Å². The summed E-state index contributed by atoms with van der Waals surface area (Å²) in [7, 11) is 0. The molecule has 110 valence electrons. The summed E-state index contributed by atoms with van der Waals surface area (Å²) in [4.78, 5) is 10.9. The number of nitrogens with two attached hydrogens (primary N) is 1. The number of hydrogen-bond acceptors (Lipinski definition) is 2. The average Bonchev–Trinajstić information content (AvgIpc) is 2.37. The fourth-order valence-electron chi connectivity index (χ4n) is 1.20. The number of amides is 1. The Morgan fingerprint density at radius 1 is 1.30 bits per heavy atom. The Bertz CT molecular complexity index is 518. The van der Waals surface area contributed by atoms with E-state index >= 15 is 0 Å². The Labute approximate surface area is 110 Å². The summed E-state index contributed by atoms with van der Waals surface area (Å²) < 4.78 is 66.4. The molecule has 1 unspecified atom stereocenters. The van der Waals surface area contributed by atoms with Gasteiger partial charge in [-0.2, -0.15) is 13.2 Å². The highest BCUT2D eigenvalue weighted by Gasteiger charge is 2.51. The molecule has 3 nitrogen and oxygen atoms in total. The van der Waals surface area contributed by atoms with Crippen LogP contribution in [0.15, 0.2) is 30.8 Å². The number of benzene rings is 1. The van der Waals surface area contributed by atoms with Gasteiger partial charge in [-0.05, 0) is 17.7 Å². The van der Waals surface area contributed by atoms with E-state index in [1.807, 2.05) is 0 Å². The number of primary amides is 1. The van der Waals surface area contributed by atoms with Gasteiger partial charge >= 0.3 is 18.7 Å². The molecule has 0 aromatic heterocycles. The van der Waals surface area contributed by atoms with Crippen molar-refractivity contribution < 1.29 is 31.5 Å². The van der Waals surface area contributed by atoms with E-state index in [9.17, 15) is 26.7 Å². The first-order valence-corrected chi connectivity index (χ1v) is 5.22. The monoisotopic (exact) mass is 295 g/mol. The smallest absolute Gasteiger partial charge is 0.372 e. The second-order valence-corrected chi connectivity index (χ2v) is 3.78. The highest BCUT2D eigenvalue weighted by atomic mass is 19.3. The van der Waals surface area contributed by atoms with Crippen LogP contribution in [0.4, 0.5) is 22.0 Å². The lowest BCUT2D eigenvalue weighted by Gasteiger charge is -2.20. The minimum atomic E-state index is -4.95. The van der Waals surface area contributed by atoms with Gasteiger partial charge in [0.15, 0.2) is 0 Å². The zero-order valence-electron chi connectivity index (χ0n) is 9.95. The van der Waals surface area contributed by atoms with Gasteiger partial charge in [0.2, 0.25) is 5.91 Å². The molecular weight excluding hydrogens is 285 g/mol. The zero-order chi connectivity index (χ0) is 15.5. The van der Waals surface area contributed by atoms with Crippen LogP contribution in [-0.2, 0) is 4.79 Å². The summed E-state index contributed by atoms with van der Waals surface area (Å²) in [5.41, 5.74) is 4.89. The van der Waals surface area contributed by atoms with Crippen molar-refractivity contribution in [1.82, 2.24) is 0 Å². The van der Waals surface area contributed by atoms with Crippen molar-refractivity contribution in [2.45, 2.75) is 18.7 Å². The standard InChI is InChI=1S/C12H10F5NO2/c1-6(9(18)19)7-3-2-4-8(5-7)20-11(15)12(16,17)10(13)14/h2-5,10-11H,1H2,(H2,18,19). The first-order chi connectivity index (χ1) is 9.16. The van der Waals surface area contributed by atoms with Crippen LogP contribution in [0.2, 0.25) is 0 Å².